The average Bonchev–Trinajstić information content (AvgIpc) is 2.43. The quantitative estimate of drug-likeness (QED) is 0.587. The number of likely N-dealkylation sites (tertiary alicyclic amines) is 1. The lowest BCUT2D eigenvalue weighted by molar-refractivity contribution is -0.142. The van der Waals surface area contributed by atoms with Crippen molar-refractivity contribution in [1.29, 1.82) is 0 Å². The van der Waals surface area contributed by atoms with Crippen LogP contribution in [-0.4, -0.2) is 60.3 Å². The van der Waals surface area contributed by atoms with Gasteiger partial charge in [-0.3, -0.25) is 4.79 Å². The topological polar surface area (TPSA) is 122 Å². The molecule has 1 rings (SSSR count). The first-order valence-electron chi connectivity index (χ1n) is 6.54. The first-order chi connectivity index (χ1) is 9.43. The summed E-state index contributed by atoms with van der Waals surface area (Å²) in [5.41, 5.74) is 5.74. The van der Waals surface area contributed by atoms with Crippen molar-refractivity contribution in [2.24, 2.45) is 5.73 Å². The smallest absolute Gasteiger partial charge is 0.326 e. The number of nitrogens with zero attached hydrogens (tertiary/aromatic N) is 1. The first kappa shape index (κ1) is 16.2. The molecule has 0 saturated carbocycles. The molecule has 1 atom stereocenters. The van der Waals surface area contributed by atoms with Gasteiger partial charge in [-0.15, -0.1) is 0 Å². The largest absolute Gasteiger partial charge is 0.480 e. The van der Waals surface area contributed by atoms with Gasteiger partial charge in [0.05, 0.1) is 7.11 Å². The molecule has 0 aliphatic carbocycles. The molecule has 0 radical (unpaired) electrons. The summed E-state index contributed by atoms with van der Waals surface area (Å²) >= 11 is 0. The second-order valence-electron chi connectivity index (χ2n) is 4.78. The number of ether oxygens (including phenoxy) is 1. The van der Waals surface area contributed by atoms with E-state index in [2.05, 4.69) is 10.1 Å². The number of methoxy groups -OCH3 is 1. The van der Waals surface area contributed by atoms with Gasteiger partial charge in [-0.2, -0.15) is 0 Å². The molecule has 0 aromatic carbocycles. The molecule has 0 unspecified atom stereocenters. The molecule has 1 saturated heterocycles. The summed E-state index contributed by atoms with van der Waals surface area (Å²) in [6.07, 6.45) is 1.35. The third kappa shape index (κ3) is 5.04. The van der Waals surface area contributed by atoms with E-state index in [0.29, 0.717) is 25.9 Å². The summed E-state index contributed by atoms with van der Waals surface area (Å²) in [7, 11) is 1.23. The molecule has 0 bridgehead atoms. The molecule has 4 N–H and O–H groups in total. The van der Waals surface area contributed by atoms with Gasteiger partial charge in [0.15, 0.2) is 0 Å². The van der Waals surface area contributed by atoms with E-state index in [4.69, 9.17) is 10.8 Å². The van der Waals surface area contributed by atoms with Crippen LogP contribution in [0, 0.1) is 0 Å². The van der Waals surface area contributed by atoms with Gasteiger partial charge in [0.25, 0.3) is 0 Å². The number of hydrogen-bond acceptors (Lipinski definition) is 5. The maximum absolute atomic E-state index is 11.9. The van der Waals surface area contributed by atoms with Crippen LogP contribution in [0.5, 0.6) is 0 Å². The van der Waals surface area contributed by atoms with E-state index in [-0.39, 0.29) is 18.9 Å². The SMILES string of the molecule is COC(=O)CC[C@@H](NC(=O)N1CCC(N)CC1)C(=O)O. The Labute approximate surface area is 117 Å². The van der Waals surface area contributed by atoms with Crippen LogP contribution in [0.15, 0.2) is 0 Å². The minimum atomic E-state index is -1.17. The normalized spacial score (nSPS) is 17.4. The fourth-order valence-electron chi connectivity index (χ4n) is 1.96. The standard InChI is InChI=1S/C12H21N3O5/c1-20-10(16)3-2-9(11(17)18)14-12(19)15-6-4-8(13)5-7-15/h8-9H,2-7,13H2,1H3,(H,14,19)(H,17,18)/t9-/m1/s1. The maximum atomic E-state index is 11.9. The van der Waals surface area contributed by atoms with Crippen LogP contribution >= 0.6 is 0 Å². The molecule has 1 aliphatic heterocycles. The molecule has 0 spiro atoms. The fourth-order valence-corrected chi connectivity index (χ4v) is 1.96. The Kier molecular flexibility index (Phi) is 6.23. The van der Waals surface area contributed by atoms with Crippen molar-refractivity contribution in [2.45, 2.75) is 37.8 Å². The van der Waals surface area contributed by atoms with Crippen molar-refractivity contribution in [3.63, 3.8) is 0 Å². The van der Waals surface area contributed by atoms with Gasteiger partial charge in [0.2, 0.25) is 0 Å². The Balaban J connectivity index is 2.46. The van der Waals surface area contributed by atoms with E-state index < -0.39 is 24.0 Å². The molecule has 1 heterocycles. The number of carbonyl (C=O) groups excluding carboxylic acids is 2. The van der Waals surface area contributed by atoms with Crippen molar-refractivity contribution in [1.82, 2.24) is 10.2 Å². The highest BCUT2D eigenvalue weighted by atomic mass is 16.5. The number of piperidine rings is 1. The number of hydrogen-bond donors (Lipinski definition) is 3. The van der Waals surface area contributed by atoms with Crippen LogP contribution in [0.4, 0.5) is 4.79 Å². The van der Waals surface area contributed by atoms with Crippen LogP contribution < -0.4 is 11.1 Å². The predicted molar refractivity (Wildman–Crippen MR) is 70.0 cm³/mol. The van der Waals surface area contributed by atoms with E-state index in [9.17, 15) is 14.4 Å². The third-order valence-corrected chi connectivity index (χ3v) is 3.29. The molecule has 8 heteroatoms. The molecule has 20 heavy (non-hydrogen) atoms. The van der Waals surface area contributed by atoms with Crippen LogP contribution in [0.2, 0.25) is 0 Å². The van der Waals surface area contributed by atoms with E-state index in [0.717, 1.165) is 0 Å². The lowest BCUT2D eigenvalue weighted by Gasteiger charge is -2.31. The average molecular weight is 287 g/mol. The number of nitrogens with one attached hydrogen (secondary N) is 1. The molecular formula is C12H21N3O5. The molecule has 0 aromatic rings. The van der Waals surface area contributed by atoms with Crippen molar-refractivity contribution in [3.8, 4) is 0 Å². The summed E-state index contributed by atoms with van der Waals surface area (Å²) in [4.78, 5) is 35.5. The number of carbonyl (C=O) groups is 3. The van der Waals surface area contributed by atoms with Gasteiger partial charge >= 0.3 is 18.0 Å². The fraction of sp³-hybridized carbons (Fsp3) is 0.750. The summed E-state index contributed by atoms with van der Waals surface area (Å²) in [5.74, 6) is -1.68. The minimum Gasteiger partial charge on any atom is -0.480 e. The molecule has 114 valence electrons. The Bertz CT molecular complexity index is 366. The minimum absolute atomic E-state index is 0.00109. The van der Waals surface area contributed by atoms with E-state index in [1.165, 1.54) is 12.0 Å². The molecule has 1 aliphatic rings. The summed E-state index contributed by atoms with van der Waals surface area (Å²) in [6.45, 7) is 1.02. The monoisotopic (exact) mass is 287 g/mol. The Hall–Kier alpha value is -1.83. The Morgan fingerprint density at radius 3 is 2.50 bits per heavy atom. The second kappa shape index (κ2) is 7.68. The van der Waals surface area contributed by atoms with Gasteiger partial charge in [-0.25, -0.2) is 9.59 Å². The molecule has 8 nitrogen and oxygen atoms in total. The van der Waals surface area contributed by atoms with Crippen LogP contribution in [0.25, 0.3) is 0 Å². The van der Waals surface area contributed by atoms with Gasteiger partial charge < -0.3 is 25.8 Å². The lowest BCUT2D eigenvalue weighted by Crippen LogP contribution is -2.51. The number of carboxylic acids is 1. The van der Waals surface area contributed by atoms with E-state index in [1.54, 1.807) is 0 Å². The number of urea groups is 1. The number of nitrogens with two attached hydrogens (primary N) is 1. The zero-order valence-electron chi connectivity index (χ0n) is 11.5. The zero-order chi connectivity index (χ0) is 15.1. The number of rotatable bonds is 5. The maximum Gasteiger partial charge on any atom is 0.326 e. The van der Waals surface area contributed by atoms with Crippen molar-refractivity contribution in [3.05, 3.63) is 0 Å². The highest BCUT2D eigenvalue weighted by Crippen LogP contribution is 2.09. The first-order valence-corrected chi connectivity index (χ1v) is 6.54. The van der Waals surface area contributed by atoms with Crippen LogP contribution in [0.1, 0.15) is 25.7 Å². The lowest BCUT2D eigenvalue weighted by atomic mass is 10.1. The summed E-state index contributed by atoms with van der Waals surface area (Å²) in [5, 5.41) is 11.5. The zero-order valence-corrected chi connectivity index (χ0v) is 11.5. The number of carboxylic acid groups (broad SMARTS) is 1. The molecule has 2 amide bonds. The number of amides is 2. The van der Waals surface area contributed by atoms with Crippen molar-refractivity contribution < 1.29 is 24.2 Å². The highest BCUT2D eigenvalue weighted by molar-refractivity contribution is 5.83. The van der Waals surface area contributed by atoms with Gasteiger partial charge in [-0.1, -0.05) is 0 Å². The van der Waals surface area contributed by atoms with Crippen molar-refractivity contribution in [2.75, 3.05) is 20.2 Å². The van der Waals surface area contributed by atoms with Gasteiger partial charge in [0, 0.05) is 25.6 Å². The molecule has 1 fully saturated rings. The highest BCUT2D eigenvalue weighted by Gasteiger charge is 2.26. The van der Waals surface area contributed by atoms with Gasteiger partial charge in [-0.05, 0) is 19.3 Å². The third-order valence-electron chi connectivity index (χ3n) is 3.29. The number of aliphatic carboxylic acids is 1. The Morgan fingerprint density at radius 1 is 1.40 bits per heavy atom. The summed E-state index contributed by atoms with van der Waals surface area (Å²) in [6, 6.07) is -1.44. The van der Waals surface area contributed by atoms with Crippen LogP contribution in [0.3, 0.4) is 0 Å². The molecular weight excluding hydrogens is 266 g/mol. The second-order valence-corrected chi connectivity index (χ2v) is 4.78. The van der Waals surface area contributed by atoms with Crippen molar-refractivity contribution >= 4 is 18.0 Å². The van der Waals surface area contributed by atoms with E-state index in [1.807, 2.05) is 0 Å². The Morgan fingerprint density at radius 2 is 2.00 bits per heavy atom. The summed E-state index contributed by atoms with van der Waals surface area (Å²) < 4.78 is 4.44. The van der Waals surface area contributed by atoms with E-state index >= 15 is 0 Å². The van der Waals surface area contributed by atoms with Gasteiger partial charge in [0.1, 0.15) is 6.04 Å². The predicted octanol–water partition coefficient (Wildman–Crippen LogP) is -0.474. The number of esters is 1. The van der Waals surface area contributed by atoms with Crippen LogP contribution in [-0.2, 0) is 14.3 Å². The molecule has 0 aromatic heterocycles.